The molecule has 1 saturated heterocycles. The van der Waals surface area contributed by atoms with E-state index in [0.717, 1.165) is 6.42 Å². The van der Waals surface area contributed by atoms with Gasteiger partial charge in [-0.2, -0.15) is 0 Å². The Morgan fingerprint density at radius 2 is 1.60 bits per heavy atom. The van der Waals surface area contributed by atoms with Crippen LogP contribution < -0.4 is 0 Å². The molecule has 0 N–H and O–H groups in total. The van der Waals surface area contributed by atoms with E-state index in [2.05, 4.69) is 0 Å². The minimum atomic E-state index is -0.451. The molecule has 1 heterocycles. The van der Waals surface area contributed by atoms with Gasteiger partial charge in [0.25, 0.3) is 0 Å². The summed E-state index contributed by atoms with van der Waals surface area (Å²) in [5.41, 5.74) is 0. The molecule has 0 saturated carbocycles. The van der Waals surface area contributed by atoms with E-state index >= 15 is 0 Å². The summed E-state index contributed by atoms with van der Waals surface area (Å²) >= 11 is 0. The molecule has 2 amide bonds. The van der Waals surface area contributed by atoms with Crippen molar-refractivity contribution in [1.29, 1.82) is 0 Å². The topological polar surface area (TPSA) is 77.5 Å². The van der Waals surface area contributed by atoms with Gasteiger partial charge in [-0.15, -0.1) is 0 Å². The summed E-state index contributed by atoms with van der Waals surface area (Å²) in [5, 5.41) is 0. The van der Waals surface area contributed by atoms with Crippen molar-refractivity contribution < 1.29 is 28.5 Å². The number of carbonyl (C=O) groups is 2. The predicted molar refractivity (Wildman–Crippen MR) is 92.4 cm³/mol. The lowest BCUT2D eigenvalue weighted by atomic mass is 10.2. The van der Waals surface area contributed by atoms with Crippen LogP contribution in [-0.4, -0.2) is 101 Å². The Hall–Kier alpha value is -1.22. The fourth-order valence-electron chi connectivity index (χ4n) is 2.65. The Morgan fingerprint density at radius 3 is 2.04 bits per heavy atom. The van der Waals surface area contributed by atoms with Crippen molar-refractivity contribution in [1.82, 2.24) is 9.80 Å². The standard InChI is InChI=1S/C17H32N2O6/c1-15(19-6-4-5-16(19)20)17(21)18(7-9-24-13-11-22-2)8-10-25-14-12-23-3/h15H,4-14H2,1-3H3/t15-/m0/s1. The van der Waals surface area contributed by atoms with Gasteiger partial charge in [-0.3, -0.25) is 9.59 Å². The van der Waals surface area contributed by atoms with E-state index in [4.69, 9.17) is 18.9 Å². The summed E-state index contributed by atoms with van der Waals surface area (Å²) in [7, 11) is 3.23. The maximum Gasteiger partial charge on any atom is 0.245 e. The van der Waals surface area contributed by atoms with Gasteiger partial charge in [-0.25, -0.2) is 0 Å². The number of amides is 2. The number of nitrogens with zero attached hydrogens (tertiary/aromatic N) is 2. The van der Waals surface area contributed by atoms with E-state index in [1.807, 2.05) is 0 Å². The highest BCUT2D eigenvalue weighted by molar-refractivity contribution is 5.88. The highest BCUT2D eigenvalue weighted by atomic mass is 16.5. The van der Waals surface area contributed by atoms with Crippen molar-refractivity contribution in [3.8, 4) is 0 Å². The van der Waals surface area contributed by atoms with Gasteiger partial charge < -0.3 is 28.7 Å². The first-order chi connectivity index (χ1) is 12.1. The molecule has 1 atom stereocenters. The Labute approximate surface area is 150 Å². The lowest BCUT2D eigenvalue weighted by molar-refractivity contribution is -0.144. The molecular formula is C17H32N2O6. The quantitative estimate of drug-likeness (QED) is 0.411. The average molecular weight is 360 g/mol. The summed E-state index contributed by atoms with van der Waals surface area (Å²) in [4.78, 5) is 28.0. The van der Waals surface area contributed by atoms with Crippen molar-refractivity contribution >= 4 is 11.8 Å². The van der Waals surface area contributed by atoms with E-state index in [-0.39, 0.29) is 11.8 Å². The highest BCUT2D eigenvalue weighted by Gasteiger charge is 2.31. The third kappa shape index (κ3) is 8.13. The van der Waals surface area contributed by atoms with Gasteiger partial charge in [0.15, 0.2) is 0 Å². The molecule has 0 aromatic heterocycles. The van der Waals surface area contributed by atoms with Crippen LogP contribution in [0.5, 0.6) is 0 Å². The summed E-state index contributed by atoms with van der Waals surface area (Å²) in [5.74, 6) is -0.0191. The van der Waals surface area contributed by atoms with Crippen LogP contribution >= 0.6 is 0 Å². The number of hydrogen-bond acceptors (Lipinski definition) is 6. The summed E-state index contributed by atoms with van der Waals surface area (Å²) < 4.78 is 20.8. The molecule has 1 aliphatic rings. The average Bonchev–Trinajstić information content (AvgIpc) is 3.04. The minimum Gasteiger partial charge on any atom is -0.382 e. The van der Waals surface area contributed by atoms with Gasteiger partial charge in [-0.1, -0.05) is 0 Å². The van der Waals surface area contributed by atoms with Crippen LogP contribution in [0.15, 0.2) is 0 Å². The molecule has 1 rings (SSSR count). The lowest BCUT2D eigenvalue weighted by Gasteiger charge is -2.30. The zero-order valence-corrected chi connectivity index (χ0v) is 15.7. The van der Waals surface area contributed by atoms with E-state index in [0.29, 0.717) is 65.7 Å². The molecule has 8 heteroatoms. The highest BCUT2D eigenvalue weighted by Crippen LogP contribution is 2.15. The Kier molecular flexibility index (Phi) is 11.4. The zero-order valence-electron chi connectivity index (χ0n) is 15.7. The van der Waals surface area contributed by atoms with Gasteiger partial charge in [0, 0.05) is 40.3 Å². The number of rotatable bonds is 14. The molecule has 0 spiro atoms. The van der Waals surface area contributed by atoms with Crippen molar-refractivity contribution in [2.45, 2.75) is 25.8 Å². The molecule has 1 fully saturated rings. The van der Waals surface area contributed by atoms with Gasteiger partial charge in [-0.05, 0) is 13.3 Å². The summed E-state index contributed by atoms with van der Waals surface area (Å²) in [6, 6.07) is -0.451. The summed E-state index contributed by atoms with van der Waals surface area (Å²) in [6.07, 6.45) is 1.34. The van der Waals surface area contributed by atoms with E-state index < -0.39 is 6.04 Å². The van der Waals surface area contributed by atoms with E-state index in [1.54, 1.807) is 30.9 Å². The summed E-state index contributed by atoms with van der Waals surface area (Å²) in [6.45, 7) is 6.22. The van der Waals surface area contributed by atoms with Crippen LogP contribution in [0.1, 0.15) is 19.8 Å². The van der Waals surface area contributed by atoms with Crippen LogP contribution in [0, 0.1) is 0 Å². The van der Waals surface area contributed by atoms with E-state index in [9.17, 15) is 9.59 Å². The van der Waals surface area contributed by atoms with E-state index in [1.165, 1.54) is 0 Å². The fourth-order valence-corrected chi connectivity index (χ4v) is 2.65. The van der Waals surface area contributed by atoms with Crippen LogP contribution in [0.2, 0.25) is 0 Å². The minimum absolute atomic E-state index is 0.0495. The molecule has 25 heavy (non-hydrogen) atoms. The molecule has 0 bridgehead atoms. The first-order valence-corrected chi connectivity index (χ1v) is 8.83. The fraction of sp³-hybridized carbons (Fsp3) is 0.882. The molecule has 1 aliphatic heterocycles. The van der Waals surface area contributed by atoms with Crippen LogP contribution in [0.25, 0.3) is 0 Å². The second-order valence-corrected chi connectivity index (χ2v) is 5.90. The molecule has 0 unspecified atom stereocenters. The van der Waals surface area contributed by atoms with Crippen molar-refractivity contribution in [3.63, 3.8) is 0 Å². The monoisotopic (exact) mass is 360 g/mol. The van der Waals surface area contributed by atoms with Gasteiger partial charge >= 0.3 is 0 Å². The number of hydrogen-bond donors (Lipinski definition) is 0. The zero-order chi connectivity index (χ0) is 18.5. The number of carbonyl (C=O) groups excluding carboxylic acids is 2. The van der Waals surface area contributed by atoms with Crippen LogP contribution in [-0.2, 0) is 28.5 Å². The third-order valence-electron chi connectivity index (χ3n) is 4.12. The molecule has 0 radical (unpaired) electrons. The van der Waals surface area contributed by atoms with Gasteiger partial charge in [0.05, 0.1) is 39.6 Å². The molecule has 0 aliphatic carbocycles. The first-order valence-electron chi connectivity index (χ1n) is 8.83. The maximum absolute atomic E-state index is 12.8. The SMILES string of the molecule is COCCOCCN(CCOCCOC)C(=O)[C@H](C)N1CCCC1=O. The van der Waals surface area contributed by atoms with Crippen molar-refractivity contribution in [2.75, 3.05) is 73.5 Å². The van der Waals surface area contributed by atoms with Gasteiger partial charge in [0.1, 0.15) is 6.04 Å². The number of likely N-dealkylation sites (tertiary alicyclic amines) is 1. The second-order valence-electron chi connectivity index (χ2n) is 5.90. The van der Waals surface area contributed by atoms with Crippen molar-refractivity contribution in [2.24, 2.45) is 0 Å². The second kappa shape index (κ2) is 13.0. The Morgan fingerprint density at radius 1 is 1.04 bits per heavy atom. The normalized spacial score (nSPS) is 15.6. The Bertz CT molecular complexity index is 379. The van der Waals surface area contributed by atoms with Crippen LogP contribution in [0.4, 0.5) is 0 Å². The lowest BCUT2D eigenvalue weighted by Crippen LogP contribution is -2.49. The largest absolute Gasteiger partial charge is 0.382 e. The number of methoxy groups -OCH3 is 2. The van der Waals surface area contributed by atoms with Crippen LogP contribution in [0.3, 0.4) is 0 Å². The first kappa shape index (κ1) is 21.8. The number of ether oxygens (including phenoxy) is 4. The Balaban J connectivity index is 2.48. The molecule has 146 valence electrons. The third-order valence-corrected chi connectivity index (χ3v) is 4.12. The molecular weight excluding hydrogens is 328 g/mol. The predicted octanol–water partition coefficient (Wildman–Crippen LogP) is 0.152. The van der Waals surface area contributed by atoms with Gasteiger partial charge in [0.2, 0.25) is 11.8 Å². The maximum atomic E-state index is 12.8. The molecule has 0 aromatic carbocycles. The smallest absolute Gasteiger partial charge is 0.245 e. The van der Waals surface area contributed by atoms with Crippen molar-refractivity contribution in [3.05, 3.63) is 0 Å². The molecule has 8 nitrogen and oxygen atoms in total. The molecule has 0 aromatic rings.